The first-order valence-corrected chi connectivity index (χ1v) is 11.2. The van der Waals surface area contributed by atoms with E-state index >= 15 is 0 Å². The number of nitrogens with zero attached hydrogens (tertiary/aromatic N) is 3. The average molecular weight is 495 g/mol. The summed E-state index contributed by atoms with van der Waals surface area (Å²) in [6.07, 6.45) is 2.33. The highest BCUT2D eigenvalue weighted by Crippen LogP contribution is 2.33. The molecule has 0 bridgehead atoms. The number of hydrogen-bond acceptors (Lipinski definition) is 7. The van der Waals surface area contributed by atoms with Gasteiger partial charge in [-0.15, -0.1) is 0 Å². The van der Waals surface area contributed by atoms with Crippen molar-refractivity contribution in [3.05, 3.63) is 60.6 Å². The van der Waals surface area contributed by atoms with Crippen molar-refractivity contribution < 1.29 is 28.3 Å². The summed E-state index contributed by atoms with van der Waals surface area (Å²) in [5.41, 5.74) is 1.78. The van der Waals surface area contributed by atoms with Gasteiger partial charge in [0.15, 0.2) is 12.2 Å². The van der Waals surface area contributed by atoms with Crippen LogP contribution in [0, 0.1) is 0 Å². The Hall–Kier alpha value is -4.34. The minimum Gasteiger partial charge on any atom is -0.496 e. The van der Waals surface area contributed by atoms with E-state index in [0.29, 0.717) is 28.4 Å². The van der Waals surface area contributed by atoms with E-state index < -0.39 is 23.5 Å². The number of likely N-dealkylation sites (N-methyl/N-ethyl adjacent to an activating group) is 2. The van der Waals surface area contributed by atoms with Crippen LogP contribution in [-0.4, -0.2) is 49.7 Å². The fraction of sp³-hybridized carbons (Fsp3) is 0.308. The number of amides is 3. The predicted molar refractivity (Wildman–Crippen MR) is 135 cm³/mol. The number of aromatic nitrogens is 1. The summed E-state index contributed by atoms with van der Waals surface area (Å²) in [7, 11) is 4.53. The van der Waals surface area contributed by atoms with Gasteiger partial charge in [0.25, 0.3) is 0 Å². The zero-order valence-corrected chi connectivity index (χ0v) is 21.2. The second kappa shape index (κ2) is 10.9. The summed E-state index contributed by atoms with van der Waals surface area (Å²) in [4.78, 5) is 44.3. The van der Waals surface area contributed by atoms with Crippen LogP contribution in [0.4, 0.5) is 16.2 Å². The molecule has 0 saturated heterocycles. The molecule has 1 heterocycles. The molecule has 3 amide bonds. The maximum absolute atomic E-state index is 13.0. The van der Waals surface area contributed by atoms with Gasteiger partial charge in [-0.1, -0.05) is 12.1 Å². The first-order valence-electron chi connectivity index (χ1n) is 11.2. The lowest BCUT2D eigenvalue weighted by molar-refractivity contribution is -0.135. The fourth-order valence-electron chi connectivity index (χ4n) is 3.33. The van der Waals surface area contributed by atoms with Gasteiger partial charge in [0, 0.05) is 38.1 Å². The second-order valence-corrected chi connectivity index (χ2v) is 9.00. The largest absolute Gasteiger partial charge is 0.496 e. The van der Waals surface area contributed by atoms with Crippen molar-refractivity contribution in [3.8, 4) is 17.1 Å². The van der Waals surface area contributed by atoms with Gasteiger partial charge in [-0.2, -0.15) is 0 Å². The van der Waals surface area contributed by atoms with Crippen LogP contribution in [0.3, 0.4) is 0 Å². The van der Waals surface area contributed by atoms with Crippen molar-refractivity contribution in [2.24, 2.45) is 0 Å². The molecule has 0 saturated carbocycles. The summed E-state index contributed by atoms with van der Waals surface area (Å²) < 4.78 is 16.0. The number of ether oxygens (including phenoxy) is 2. The summed E-state index contributed by atoms with van der Waals surface area (Å²) in [6, 6.07) is 12.0. The first-order chi connectivity index (χ1) is 17.0. The van der Waals surface area contributed by atoms with Crippen LogP contribution in [0.2, 0.25) is 0 Å². The Bertz CT molecular complexity index is 1230. The predicted octanol–water partition coefficient (Wildman–Crippen LogP) is 4.00. The summed E-state index contributed by atoms with van der Waals surface area (Å²) in [5.74, 6) is -0.476. The van der Waals surface area contributed by atoms with Crippen molar-refractivity contribution in [1.82, 2.24) is 10.3 Å². The molecule has 36 heavy (non-hydrogen) atoms. The molecule has 2 aromatic carbocycles. The standard InChI is InChI=1S/C26H30N4O6/c1-26(2,3)36-25(33)28-14-17-8-7-9-18(12-17)29(4)23(31)24(32)30(5)19-10-11-20(21(13-19)34-6)22-15-27-16-35-22/h7-13,15-16H,14H2,1-6H3,(H,28,33). The van der Waals surface area contributed by atoms with Gasteiger partial charge in [-0.25, -0.2) is 9.78 Å². The number of alkyl carbamates (subject to hydrolysis) is 1. The van der Waals surface area contributed by atoms with E-state index in [-0.39, 0.29) is 6.54 Å². The number of oxazole rings is 1. The third-order valence-electron chi connectivity index (χ3n) is 5.20. The van der Waals surface area contributed by atoms with Crippen LogP contribution in [0.1, 0.15) is 26.3 Å². The average Bonchev–Trinajstić information content (AvgIpc) is 3.39. The van der Waals surface area contributed by atoms with Gasteiger partial charge in [0.1, 0.15) is 11.4 Å². The molecule has 0 aliphatic carbocycles. The van der Waals surface area contributed by atoms with Crippen molar-refractivity contribution in [2.75, 3.05) is 31.0 Å². The van der Waals surface area contributed by atoms with Crippen LogP contribution in [0.15, 0.2) is 59.5 Å². The van der Waals surface area contributed by atoms with Gasteiger partial charge in [0.05, 0.1) is 18.9 Å². The molecule has 0 atom stereocenters. The van der Waals surface area contributed by atoms with Crippen molar-refractivity contribution >= 4 is 29.3 Å². The molecule has 0 radical (unpaired) electrons. The minimum atomic E-state index is -0.732. The number of hydrogen-bond donors (Lipinski definition) is 1. The highest BCUT2D eigenvalue weighted by Gasteiger charge is 2.26. The molecule has 190 valence electrons. The lowest BCUT2D eigenvalue weighted by Gasteiger charge is -2.23. The van der Waals surface area contributed by atoms with Gasteiger partial charge in [0.2, 0.25) is 0 Å². The molecule has 0 aliphatic heterocycles. The molecule has 3 rings (SSSR count). The van der Waals surface area contributed by atoms with E-state index in [1.165, 1.54) is 37.4 Å². The van der Waals surface area contributed by atoms with Crippen LogP contribution in [0.5, 0.6) is 5.75 Å². The maximum Gasteiger partial charge on any atom is 0.407 e. The number of rotatable bonds is 6. The molecule has 10 nitrogen and oxygen atoms in total. The third-order valence-corrected chi connectivity index (χ3v) is 5.20. The molecular weight excluding hydrogens is 464 g/mol. The smallest absolute Gasteiger partial charge is 0.407 e. The Morgan fingerprint density at radius 3 is 2.25 bits per heavy atom. The number of nitrogens with one attached hydrogen (secondary N) is 1. The molecule has 10 heteroatoms. The van der Waals surface area contributed by atoms with Crippen LogP contribution in [0.25, 0.3) is 11.3 Å². The minimum absolute atomic E-state index is 0.204. The molecule has 3 aromatic rings. The van der Waals surface area contributed by atoms with E-state index in [1.807, 2.05) is 0 Å². The number of carbonyl (C=O) groups excluding carboxylic acids is 3. The van der Waals surface area contributed by atoms with Gasteiger partial charge in [-0.3, -0.25) is 9.59 Å². The van der Waals surface area contributed by atoms with Gasteiger partial charge in [-0.05, 0) is 50.6 Å². The van der Waals surface area contributed by atoms with Crippen LogP contribution >= 0.6 is 0 Å². The van der Waals surface area contributed by atoms with E-state index in [0.717, 1.165) is 5.56 Å². The Balaban J connectivity index is 1.70. The molecular formula is C26H30N4O6. The van der Waals surface area contributed by atoms with E-state index in [1.54, 1.807) is 69.4 Å². The second-order valence-electron chi connectivity index (χ2n) is 9.00. The Morgan fingerprint density at radius 2 is 1.67 bits per heavy atom. The van der Waals surface area contributed by atoms with E-state index in [2.05, 4.69) is 10.3 Å². The number of benzene rings is 2. The highest BCUT2D eigenvalue weighted by atomic mass is 16.6. The number of carbonyl (C=O) groups is 3. The van der Waals surface area contributed by atoms with E-state index in [9.17, 15) is 14.4 Å². The number of anilines is 2. The zero-order chi connectivity index (χ0) is 26.5. The lowest BCUT2D eigenvalue weighted by Crippen LogP contribution is -2.42. The Morgan fingerprint density at radius 1 is 1.00 bits per heavy atom. The number of methoxy groups -OCH3 is 1. The summed E-state index contributed by atoms with van der Waals surface area (Å²) in [6.45, 7) is 5.55. The van der Waals surface area contributed by atoms with Gasteiger partial charge >= 0.3 is 17.9 Å². The SMILES string of the molecule is COc1cc(N(C)C(=O)C(=O)N(C)c2cccc(CNC(=O)OC(C)(C)C)c2)ccc1-c1cnco1. The molecule has 0 fully saturated rings. The first kappa shape index (κ1) is 26.3. The topological polar surface area (TPSA) is 114 Å². The summed E-state index contributed by atoms with van der Waals surface area (Å²) in [5, 5.41) is 2.68. The van der Waals surface area contributed by atoms with Crippen LogP contribution in [-0.2, 0) is 20.9 Å². The normalized spacial score (nSPS) is 10.9. The van der Waals surface area contributed by atoms with Crippen molar-refractivity contribution in [3.63, 3.8) is 0 Å². The maximum atomic E-state index is 13.0. The van der Waals surface area contributed by atoms with Gasteiger partial charge < -0.3 is 29.0 Å². The molecule has 0 aliphatic rings. The van der Waals surface area contributed by atoms with Crippen molar-refractivity contribution in [1.29, 1.82) is 0 Å². The highest BCUT2D eigenvalue weighted by molar-refractivity contribution is 6.44. The Labute approximate surface area is 209 Å². The third kappa shape index (κ3) is 6.41. The van der Waals surface area contributed by atoms with Crippen molar-refractivity contribution in [2.45, 2.75) is 32.9 Å². The summed E-state index contributed by atoms with van der Waals surface area (Å²) >= 11 is 0. The quantitative estimate of drug-likeness (QED) is 0.515. The van der Waals surface area contributed by atoms with E-state index in [4.69, 9.17) is 13.9 Å². The lowest BCUT2D eigenvalue weighted by atomic mass is 10.1. The molecule has 0 unspecified atom stereocenters. The molecule has 0 spiro atoms. The zero-order valence-electron chi connectivity index (χ0n) is 21.2. The van der Waals surface area contributed by atoms with Crippen LogP contribution < -0.4 is 19.9 Å². The fourth-order valence-corrected chi connectivity index (χ4v) is 3.33. The Kier molecular flexibility index (Phi) is 7.98. The molecule has 1 N–H and O–H groups in total. The molecule has 1 aromatic heterocycles. The monoisotopic (exact) mass is 494 g/mol.